The van der Waals surface area contributed by atoms with E-state index in [0.717, 1.165) is 0 Å². The normalized spacial score (nSPS) is 8.87. The van der Waals surface area contributed by atoms with Gasteiger partial charge in [-0.05, 0) is 25.0 Å². The second-order valence-electron chi connectivity index (χ2n) is 2.76. The molecule has 0 aliphatic carbocycles. The summed E-state index contributed by atoms with van der Waals surface area (Å²) < 4.78 is 4.72. The second kappa shape index (κ2) is 5.66. The van der Waals surface area contributed by atoms with Crippen LogP contribution < -0.4 is 5.73 Å². The van der Waals surface area contributed by atoms with Gasteiger partial charge in [0.2, 0.25) is 0 Å². The summed E-state index contributed by atoms with van der Waals surface area (Å²) in [5.41, 5.74) is 6.64. The molecule has 15 heavy (non-hydrogen) atoms. The number of esters is 1. The molecule has 0 atom stereocenters. The van der Waals surface area contributed by atoms with Crippen LogP contribution in [0.4, 0.5) is 5.69 Å². The molecule has 0 saturated heterocycles. The van der Waals surface area contributed by atoms with Gasteiger partial charge in [0, 0.05) is 0 Å². The number of carbonyl (C=O) groups is 1. The van der Waals surface area contributed by atoms with Crippen molar-refractivity contribution in [3.63, 3.8) is 0 Å². The van der Waals surface area contributed by atoms with Crippen molar-refractivity contribution in [2.75, 3.05) is 12.3 Å². The third kappa shape index (κ3) is 4.14. The zero-order valence-corrected chi connectivity index (χ0v) is 8.49. The number of hydrogen-bond donors (Lipinski definition) is 1. The van der Waals surface area contributed by atoms with Crippen molar-refractivity contribution < 1.29 is 9.53 Å². The molecule has 0 radical (unpaired) electrons. The number of ether oxygens (including phenoxy) is 1. The topological polar surface area (TPSA) is 65.2 Å². The zero-order chi connectivity index (χ0) is 11.1. The Balaban J connectivity index is 2.51. The molecule has 4 heteroatoms. The van der Waals surface area contributed by atoms with Crippen LogP contribution in [0.25, 0.3) is 0 Å². The van der Waals surface area contributed by atoms with Crippen LogP contribution in [0, 0.1) is 11.8 Å². The molecular formula is C11H12N2O2. The van der Waals surface area contributed by atoms with E-state index in [1.165, 1.54) is 6.20 Å². The lowest BCUT2D eigenvalue weighted by molar-refractivity contribution is -0.141. The Kier molecular flexibility index (Phi) is 4.17. The van der Waals surface area contributed by atoms with Crippen LogP contribution in [0.3, 0.4) is 0 Å². The quantitative estimate of drug-likeness (QED) is 0.575. The fourth-order valence-electron chi connectivity index (χ4n) is 0.898. The predicted octanol–water partition coefficient (Wildman–Crippen LogP) is 0.968. The Labute approximate surface area is 88.5 Å². The van der Waals surface area contributed by atoms with Gasteiger partial charge in [-0.2, -0.15) is 0 Å². The van der Waals surface area contributed by atoms with Gasteiger partial charge >= 0.3 is 5.97 Å². The molecule has 0 aliphatic rings. The number of nitrogens with two attached hydrogens (primary N) is 1. The van der Waals surface area contributed by atoms with Crippen molar-refractivity contribution in [3.8, 4) is 11.8 Å². The summed E-state index contributed by atoms with van der Waals surface area (Å²) in [7, 11) is 0. The fourth-order valence-corrected chi connectivity index (χ4v) is 0.898. The number of nitrogen functional groups attached to an aromatic ring is 1. The van der Waals surface area contributed by atoms with Crippen molar-refractivity contribution in [1.82, 2.24) is 4.98 Å². The maximum atomic E-state index is 10.9. The number of anilines is 1. The van der Waals surface area contributed by atoms with Crippen LogP contribution in [-0.4, -0.2) is 17.6 Å². The predicted molar refractivity (Wildman–Crippen MR) is 56.8 cm³/mol. The monoisotopic (exact) mass is 204 g/mol. The van der Waals surface area contributed by atoms with Crippen molar-refractivity contribution in [3.05, 3.63) is 24.0 Å². The number of pyridine rings is 1. The maximum absolute atomic E-state index is 10.9. The lowest BCUT2D eigenvalue weighted by Crippen LogP contribution is -2.01. The summed E-state index contributed by atoms with van der Waals surface area (Å²) in [6.07, 6.45) is 1.61. The molecule has 78 valence electrons. The van der Waals surface area contributed by atoms with E-state index in [-0.39, 0.29) is 12.4 Å². The highest BCUT2D eigenvalue weighted by Crippen LogP contribution is 1.99. The van der Waals surface area contributed by atoms with Crippen LogP contribution in [0.5, 0.6) is 0 Å². The summed E-state index contributed by atoms with van der Waals surface area (Å²) in [4.78, 5) is 14.9. The lowest BCUT2D eigenvalue weighted by atomic mass is 10.3. The van der Waals surface area contributed by atoms with Crippen molar-refractivity contribution in [1.29, 1.82) is 0 Å². The molecule has 0 fully saturated rings. The van der Waals surface area contributed by atoms with Crippen LogP contribution in [-0.2, 0) is 9.53 Å². The highest BCUT2D eigenvalue weighted by atomic mass is 16.5. The van der Waals surface area contributed by atoms with Crippen LogP contribution >= 0.6 is 0 Å². The van der Waals surface area contributed by atoms with E-state index in [1.54, 1.807) is 19.1 Å². The number of carbonyl (C=O) groups excluding carboxylic acids is 1. The summed E-state index contributed by atoms with van der Waals surface area (Å²) in [6.45, 7) is 2.13. The number of rotatable bonds is 2. The van der Waals surface area contributed by atoms with Crippen LogP contribution in [0.2, 0.25) is 0 Å². The van der Waals surface area contributed by atoms with Gasteiger partial charge in [-0.3, -0.25) is 4.79 Å². The van der Waals surface area contributed by atoms with Gasteiger partial charge in [0.1, 0.15) is 12.1 Å². The lowest BCUT2D eigenvalue weighted by Gasteiger charge is -1.94. The Morgan fingerprint density at radius 2 is 2.40 bits per heavy atom. The van der Waals surface area contributed by atoms with Gasteiger partial charge in [0.05, 0.1) is 18.5 Å². The fraction of sp³-hybridized carbons (Fsp3) is 0.273. The molecule has 1 aromatic rings. The highest BCUT2D eigenvalue weighted by Gasteiger charge is 1.96. The first-order valence-corrected chi connectivity index (χ1v) is 4.58. The highest BCUT2D eigenvalue weighted by molar-refractivity contribution is 5.72. The van der Waals surface area contributed by atoms with Crippen molar-refractivity contribution >= 4 is 11.7 Å². The molecule has 0 unspecified atom stereocenters. The SMILES string of the molecule is CCOC(=O)CC#Cc1ccc(N)cn1. The van der Waals surface area contributed by atoms with E-state index < -0.39 is 0 Å². The largest absolute Gasteiger partial charge is 0.465 e. The van der Waals surface area contributed by atoms with Crippen LogP contribution in [0.15, 0.2) is 18.3 Å². The third-order valence-electron chi connectivity index (χ3n) is 1.54. The molecule has 1 rings (SSSR count). The standard InChI is InChI=1S/C11H12N2O2/c1-2-15-11(14)5-3-4-10-7-6-9(12)8-13-10/h6-8H,2,5,12H2,1H3. The van der Waals surface area contributed by atoms with Gasteiger partial charge in [-0.25, -0.2) is 4.98 Å². The Bertz CT molecular complexity index is 387. The minimum absolute atomic E-state index is 0.0832. The van der Waals surface area contributed by atoms with E-state index in [9.17, 15) is 4.79 Å². The Hall–Kier alpha value is -2.02. The number of nitrogens with zero attached hydrogens (tertiary/aromatic N) is 1. The Morgan fingerprint density at radius 1 is 1.60 bits per heavy atom. The molecule has 1 aromatic heterocycles. The third-order valence-corrected chi connectivity index (χ3v) is 1.54. The maximum Gasteiger partial charge on any atom is 0.317 e. The summed E-state index contributed by atoms with van der Waals surface area (Å²) in [5.74, 6) is 5.10. The van der Waals surface area contributed by atoms with Gasteiger partial charge < -0.3 is 10.5 Å². The number of hydrogen-bond acceptors (Lipinski definition) is 4. The summed E-state index contributed by atoms with van der Waals surface area (Å²) >= 11 is 0. The molecule has 0 bridgehead atoms. The Morgan fingerprint density at radius 3 is 3.00 bits per heavy atom. The summed E-state index contributed by atoms with van der Waals surface area (Å²) in [5, 5.41) is 0. The van der Waals surface area contributed by atoms with E-state index in [2.05, 4.69) is 16.8 Å². The summed E-state index contributed by atoms with van der Waals surface area (Å²) in [6, 6.07) is 3.41. The first-order chi connectivity index (χ1) is 7.22. The smallest absolute Gasteiger partial charge is 0.317 e. The molecular weight excluding hydrogens is 192 g/mol. The van der Waals surface area contributed by atoms with Gasteiger partial charge in [0.25, 0.3) is 0 Å². The minimum atomic E-state index is -0.319. The molecule has 0 aromatic carbocycles. The van der Waals surface area contributed by atoms with Gasteiger partial charge in [-0.15, -0.1) is 0 Å². The molecule has 4 nitrogen and oxygen atoms in total. The average molecular weight is 204 g/mol. The molecule has 0 aliphatic heterocycles. The first kappa shape index (κ1) is 11.1. The second-order valence-corrected chi connectivity index (χ2v) is 2.76. The molecule has 1 heterocycles. The van der Waals surface area contributed by atoms with E-state index in [1.807, 2.05) is 0 Å². The average Bonchev–Trinajstić information content (AvgIpc) is 2.21. The molecule has 2 N–H and O–H groups in total. The van der Waals surface area contributed by atoms with Crippen molar-refractivity contribution in [2.24, 2.45) is 0 Å². The molecule has 0 spiro atoms. The molecule has 0 saturated carbocycles. The van der Waals surface area contributed by atoms with Gasteiger partial charge in [0.15, 0.2) is 0 Å². The van der Waals surface area contributed by atoms with Crippen molar-refractivity contribution in [2.45, 2.75) is 13.3 Å². The van der Waals surface area contributed by atoms with E-state index >= 15 is 0 Å². The van der Waals surface area contributed by atoms with Gasteiger partial charge in [-0.1, -0.05) is 5.92 Å². The first-order valence-electron chi connectivity index (χ1n) is 4.58. The van der Waals surface area contributed by atoms with Crippen LogP contribution in [0.1, 0.15) is 19.0 Å². The zero-order valence-electron chi connectivity index (χ0n) is 8.49. The molecule has 0 amide bonds. The minimum Gasteiger partial charge on any atom is -0.465 e. The van der Waals surface area contributed by atoms with E-state index in [4.69, 9.17) is 10.5 Å². The van der Waals surface area contributed by atoms with E-state index in [0.29, 0.717) is 18.0 Å². The number of aromatic nitrogens is 1.